The van der Waals surface area contributed by atoms with Crippen molar-refractivity contribution >= 4 is 60.4 Å². The lowest BCUT2D eigenvalue weighted by molar-refractivity contribution is 1.18. The van der Waals surface area contributed by atoms with Gasteiger partial charge in [-0.2, -0.15) is 0 Å². The van der Waals surface area contributed by atoms with E-state index in [1.54, 1.807) is 0 Å². The van der Waals surface area contributed by atoms with Gasteiger partial charge in [-0.3, -0.25) is 0 Å². The molecule has 0 saturated heterocycles. The average molecular weight is 739 g/mol. The third-order valence-corrected chi connectivity index (χ3v) is 11.6. The molecular formula is C56H38N2. The molecule has 0 atom stereocenters. The molecule has 2 nitrogen and oxygen atoms in total. The maximum Gasteiger partial charge on any atom is 0.0541 e. The summed E-state index contributed by atoms with van der Waals surface area (Å²) in [5.41, 5.74) is 13.9. The topological polar surface area (TPSA) is 8.17 Å². The van der Waals surface area contributed by atoms with Crippen molar-refractivity contribution < 1.29 is 0 Å². The van der Waals surface area contributed by atoms with Gasteiger partial charge < -0.3 is 9.47 Å². The van der Waals surface area contributed by atoms with E-state index in [2.05, 4.69) is 240 Å². The lowest BCUT2D eigenvalue weighted by Gasteiger charge is -2.31. The lowest BCUT2D eigenvalue weighted by Crippen LogP contribution is -2.13. The summed E-state index contributed by atoms with van der Waals surface area (Å²) in [6.45, 7) is 0. The van der Waals surface area contributed by atoms with E-state index in [-0.39, 0.29) is 0 Å². The highest BCUT2D eigenvalue weighted by molar-refractivity contribution is 6.10. The molecule has 58 heavy (non-hydrogen) atoms. The minimum Gasteiger partial charge on any atom is -0.309 e. The van der Waals surface area contributed by atoms with Gasteiger partial charge in [-0.15, -0.1) is 0 Å². The zero-order chi connectivity index (χ0) is 38.4. The van der Waals surface area contributed by atoms with Crippen LogP contribution in [0.3, 0.4) is 0 Å². The first kappa shape index (κ1) is 33.6. The number of hydrogen-bond acceptors (Lipinski definition) is 1. The highest BCUT2D eigenvalue weighted by Gasteiger charge is 2.24. The molecule has 0 radical (unpaired) electrons. The number of benzene rings is 10. The standard InChI is InChI=1S/C56H38N2/c1-3-24-43-39(18-1)20-16-31-45(43)41-22-15-23-42(38-41)57(52-33-10-5-26-47(52)46-32-17-21-40-19-2-4-25-44(40)46)53-34-11-6-27-48(53)49-28-7-12-35-54(49)58-55-36-13-8-29-50(55)51-30-9-14-37-56(51)58/h1-38H. The second-order valence-electron chi connectivity index (χ2n) is 14.9. The van der Waals surface area contributed by atoms with Crippen molar-refractivity contribution in [1.82, 2.24) is 4.57 Å². The van der Waals surface area contributed by atoms with Crippen LogP contribution in [0.15, 0.2) is 231 Å². The Hall–Kier alpha value is -7.68. The van der Waals surface area contributed by atoms with E-state index < -0.39 is 0 Å². The maximum atomic E-state index is 2.48. The summed E-state index contributed by atoms with van der Waals surface area (Å²) in [4.78, 5) is 2.48. The number of aromatic nitrogens is 1. The summed E-state index contributed by atoms with van der Waals surface area (Å²) in [7, 11) is 0. The third-order valence-electron chi connectivity index (χ3n) is 11.6. The van der Waals surface area contributed by atoms with E-state index in [1.165, 1.54) is 65.6 Å². The van der Waals surface area contributed by atoms with Crippen LogP contribution in [0.4, 0.5) is 17.1 Å². The van der Waals surface area contributed by atoms with Crippen LogP contribution in [0.1, 0.15) is 0 Å². The predicted molar refractivity (Wildman–Crippen MR) is 247 cm³/mol. The molecule has 0 spiro atoms. The number of rotatable bonds is 7. The van der Waals surface area contributed by atoms with Gasteiger partial charge in [0.25, 0.3) is 0 Å². The van der Waals surface area contributed by atoms with Crippen molar-refractivity contribution in [1.29, 1.82) is 0 Å². The smallest absolute Gasteiger partial charge is 0.0541 e. The fourth-order valence-corrected chi connectivity index (χ4v) is 9.03. The molecule has 2 heteroatoms. The SMILES string of the molecule is c1cc(-c2cccc3ccccc23)cc(N(c2ccccc2-c2ccccc2-n2c3ccccc3c3ccccc32)c2ccccc2-c2cccc3ccccc23)c1. The Balaban J connectivity index is 1.18. The van der Waals surface area contributed by atoms with Crippen LogP contribution in [-0.4, -0.2) is 4.57 Å². The van der Waals surface area contributed by atoms with Crippen molar-refractivity contribution in [2.75, 3.05) is 4.90 Å². The summed E-state index contributed by atoms with van der Waals surface area (Å²) in [5.74, 6) is 0. The van der Waals surface area contributed by atoms with Gasteiger partial charge in [0.05, 0.1) is 28.1 Å². The summed E-state index contributed by atoms with van der Waals surface area (Å²) in [5, 5.41) is 7.42. The van der Waals surface area contributed by atoms with Gasteiger partial charge in [-0.05, 0) is 80.7 Å². The Morgan fingerprint density at radius 3 is 1.38 bits per heavy atom. The molecule has 0 aliphatic heterocycles. The molecule has 10 aromatic carbocycles. The molecule has 0 N–H and O–H groups in total. The van der Waals surface area contributed by atoms with Crippen molar-refractivity contribution in [3.63, 3.8) is 0 Å². The van der Waals surface area contributed by atoms with Gasteiger partial charge in [-0.1, -0.05) is 188 Å². The van der Waals surface area contributed by atoms with Gasteiger partial charge in [-0.25, -0.2) is 0 Å². The van der Waals surface area contributed by atoms with E-state index >= 15 is 0 Å². The van der Waals surface area contributed by atoms with E-state index in [0.29, 0.717) is 0 Å². The molecule has 272 valence electrons. The molecule has 1 heterocycles. The summed E-state index contributed by atoms with van der Waals surface area (Å²) < 4.78 is 2.44. The highest BCUT2D eigenvalue weighted by Crippen LogP contribution is 2.48. The van der Waals surface area contributed by atoms with E-state index in [4.69, 9.17) is 0 Å². The van der Waals surface area contributed by atoms with E-state index in [9.17, 15) is 0 Å². The highest BCUT2D eigenvalue weighted by atomic mass is 15.1. The molecule has 0 amide bonds. The number of hydrogen-bond donors (Lipinski definition) is 0. The Bertz CT molecular complexity index is 3250. The molecular weight excluding hydrogens is 701 g/mol. The molecule has 0 aliphatic carbocycles. The summed E-state index contributed by atoms with van der Waals surface area (Å²) >= 11 is 0. The van der Waals surface area contributed by atoms with Crippen LogP contribution in [0.5, 0.6) is 0 Å². The minimum atomic E-state index is 1.08. The zero-order valence-corrected chi connectivity index (χ0v) is 31.8. The third kappa shape index (κ3) is 5.57. The minimum absolute atomic E-state index is 1.08. The van der Waals surface area contributed by atoms with E-state index in [0.717, 1.165) is 33.9 Å². The predicted octanol–water partition coefficient (Wildman–Crippen LogP) is 15.6. The van der Waals surface area contributed by atoms with Gasteiger partial charge in [0.15, 0.2) is 0 Å². The van der Waals surface area contributed by atoms with Crippen LogP contribution < -0.4 is 4.90 Å². The molecule has 0 aliphatic rings. The molecule has 0 bridgehead atoms. The second kappa shape index (κ2) is 14.1. The second-order valence-corrected chi connectivity index (χ2v) is 14.9. The Morgan fingerprint density at radius 2 is 0.724 bits per heavy atom. The lowest BCUT2D eigenvalue weighted by atomic mass is 9.94. The maximum absolute atomic E-state index is 2.48. The largest absolute Gasteiger partial charge is 0.309 e. The number of nitrogens with zero attached hydrogens (tertiary/aromatic N) is 2. The number of anilines is 3. The van der Waals surface area contributed by atoms with Crippen molar-refractivity contribution in [3.05, 3.63) is 231 Å². The van der Waals surface area contributed by atoms with Gasteiger partial charge in [0, 0.05) is 33.2 Å². The van der Waals surface area contributed by atoms with Gasteiger partial charge in [0.1, 0.15) is 0 Å². The first-order valence-electron chi connectivity index (χ1n) is 19.9. The average Bonchev–Trinajstić information content (AvgIpc) is 3.63. The van der Waals surface area contributed by atoms with Crippen LogP contribution in [0.25, 0.3) is 82.4 Å². The Labute approximate surface area is 338 Å². The molecule has 0 unspecified atom stereocenters. The van der Waals surface area contributed by atoms with Crippen LogP contribution in [-0.2, 0) is 0 Å². The zero-order valence-electron chi connectivity index (χ0n) is 31.8. The summed E-state index contributed by atoms with van der Waals surface area (Å²) in [6.07, 6.45) is 0. The molecule has 11 aromatic rings. The monoisotopic (exact) mass is 738 g/mol. The van der Waals surface area contributed by atoms with E-state index in [1.807, 2.05) is 0 Å². The molecule has 1 aromatic heterocycles. The van der Waals surface area contributed by atoms with Crippen LogP contribution >= 0.6 is 0 Å². The molecule has 11 rings (SSSR count). The van der Waals surface area contributed by atoms with Crippen molar-refractivity contribution in [2.45, 2.75) is 0 Å². The van der Waals surface area contributed by atoms with Crippen LogP contribution in [0, 0.1) is 0 Å². The van der Waals surface area contributed by atoms with Crippen LogP contribution in [0.2, 0.25) is 0 Å². The first-order chi connectivity index (χ1) is 28.8. The van der Waals surface area contributed by atoms with Crippen molar-refractivity contribution in [3.8, 4) is 39.1 Å². The first-order valence-corrected chi connectivity index (χ1v) is 19.9. The quantitative estimate of drug-likeness (QED) is 0.158. The Morgan fingerprint density at radius 1 is 0.293 bits per heavy atom. The van der Waals surface area contributed by atoms with Gasteiger partial charge in [0.2, 0.25) is 0 Å². The van der Waals surface area contributed by atoms with Gasteiger partial charge >= 0.3 is 0 Å². The molecule has 0 fully saturated rings. The fraction of sp³-hybridized carbons (Fsp3) is 0. The van der Waals surface area contributed by atoms with Crippen molar-refractivity contribution in [2.24, 2.45) is 0 Å². The fourth-order valence-electron chi connectivity index (χ4n) is 9.03. The molecule has 0 saturated carbocycles. The summed E-state index contributed by atoms with van der Waals surface area (Å²) in [6, 6.07) is 83.8. The number of para-hydroxylation sites is 5. The normalized spacial score (nSPS) is 11.4. The Kier molecular flexibility index (Phi) is 8.19. The number of fused-ring (bicyclic) bond motifs is 5.